The maximum absolute atomic E-state index is 12.6. The minimum atomic E-state index is -4.67. The summed E-state index contributed by atoms with van der Waals surface area (Å²) in [5, 5.41) is 10.6. The monoisotopic (exact) mass is 425 g/mol. The quantitative estimate of drug-likeness (QED) is 0.665. The Morgan fingerprint density at radius 2 is 2.07 bits per heavy atom. The number of rotatable bonds is 5. The molecule has 0 aromatic carbocycles. The van der Waals surface area contributed by atoms with E-state index in [2.05, 4.69) is 25.1 Å². The molecule has 1 N–H and O–H groups in total. The summed E-state index contributed by atoms with van der Waals surface area (Å²) in [7, 11) is 0. The Morgan fingerprint density at radius 1 is 1.28 bits per heavy atom. The molecule has 0 aliphatic heterocycles. The number of carbonyl (C=O) groups excluding carboxylic acids is 1. The Kier molecular flexibility index (Phi) is 5.39. The van der Waals surface area contributed by atoms with E-state index >= 15 is 0 Å². The Hall–Kier alpha value is -2.69. The van der Waals surface area contributed by atoms with Crippen LogP contribution in [0, 0.1) is 0 Å². The number of halogens is 3. The molecule has 1 fully saturated rings. The Labute approximate surface area is 167 Å². The largest absolute Gasteiger partial charge is 0.471 e. The summed E-state index contributed by atoms with van der Waals surface area (Å²) >= 11 is 1.24. The highest BCUT2D eigenvalue weighted by molar-refractivity contribution is 7.15. The van der Waals surface area contributed by atoms with Crippen molar-refractivity contribution >= 4 is 17.2 Å². The van der Waals surface area contributed by atoms with Crippen LogP contribution in [0.3, 0.4) is 0 Å². The molecule has 1 aliphatic carbocycles. The van der Waals surface area contributed by atoms with E-state index in [4.69, 9.17) is 0 Å². The van der Waals surface area contributed by atoms with Gasteiger partial charge in [0.25, 0.3) is 5.91 Å². The van der Waals surface area contributed by atoms with E-state index in [0.29, 0.717) is 17.0 Å². The van der Waals surface area contributed by atoms with Gasteiger partial charge in [-0.05, 0) is 25.0 Å². The summed E-state index contributed by atoms with van der Waals surface area (Å²) in [5.41, 5.74) is 0.486. The third kappa shape index (κ3) is 4.66. The summed E-state index contributed by atoms with van der Waals surface area (Å²) in [6, 6.07) is 3.61. The van der Waals surface area contributed by atoms with Gasteiger partial charge in [-0.25, -0.2) is 0 Å². The van der Waals surface area contributed by atoms with Gasteiger partial charge in [-0.3, -0.25) is 9.48 Å². The number of aromatic nitrogens is 4. The molecule has 3 heterocycles. The fourth-order valence-corrected chi connectivity index (χ4v) is 4.19. The zero-order valence-corrected chi connectivity index (χ0v) is 16.1. The molecular formula is C18H18F3N5O2S. The van der Waals surface area contributed by atoms with Gasteiger partial charge in [0, 0.05) is 17.1 Å². The molecule has 0 unspecified atom stereocenters. The first-order chi connectivity index (χ1) is 13.9. The molecule has 0 bridgehead atoms. The maximum atomic E-state index is 12.6. The van der Waals surface area contributed by atoms with Crippen LogP contribution in [-0.2, 0) is 12.7 Å². The van der Waals surface area contributed by atoms with Gasteiger partial charge >= 0.3 is 12.1 Å². The third-order valence-electron chi connectivity index (χ3n) is 4.70. The Morgan fingerprint density at radius 3 is 2.79 bits per heavy atom. The highest BCUT2D eigenvalue weighted by Gasteiger charge is 2.38. The van der Waals surface area contributed by atoms with Gasteiger partial charge in [0.15, 0.2) is 0 Å². The van der Waals surface area contributed by atoms with Gasteiger partial charge in [0.2, 0.25) is 5.82 Å². The molecule has 0 atom stereocenters. The average molecular weight is 425 g/mol. The molecule has 1 saturated carbocycles. The first-order valence-corrected chi connectivity index (χ1v) is 10.0. The maximum Gasteiger partial charge on any atom is 0.471 e. The highest BCUT2D eigenvalue weighted by Crippen LogP contribution is 2.31. The van der Waals surface area contributed by atoms with E-state index in [1.165, 1.54) is 24.0 Å². The zero-order valence-electron chi connectivity index (χ0n) is 15.3. The minimum absolute atomic E-state index is 0.110. The van der Waals surface area contributed by atoms with Gasteiger partial charge in [-0.1, -0.05) is 24.4 Å². The number of hydrogen-bond acceptors (Lipinski definition) is 6. The zero-order chi connectivity index (χ0) is 20.4. The van der Waals surface area contributed by atoms with Crippen molar-refractivity contribution in [2.24, 2.45) is 0 Å². The smallest absolute Gasteiger partial charge is 0.349 e. The second-order valence-electron chi connectivity index (χ2n) is 6.92. The number of carbonyl (C=O) groups is 1. The molecule has 0 radical (unpaired) electrons. The number of nitrogens with one attached hydrogen (secondary N) is 1. The summed E-state index contributed by atoms with van der Waals surface area (Å²) in [6.07, 6.45) is 4.00. The van der Waals surface area contributed by atoms with Crippen LogP contribution >= 0.6 is 11.3 Å². The summed E-state index contributed by atoms with van der Waals surface area (Å²) in [5.74, 6) is -1.62. The number of nitrogens with zero attached hydrogens (tertiary/aromatic N) is 4. The highest BCUT2D eigenvalue weighted by atomic mass is 32.1. The fraction of sp³-hybridized carbons (Fsp3) is 0.444. The first kappa shape index (κ1) is 19.6. The van der Waals surface area contributed by atoms with Crippen LogP contribution in [0.25, 0.3) is 10.7 Å². The van der Waals surface area contributed by atoms with Crippen molar-refractivity contribution in [3.63, 3.8) is 0 Å². The average Bonchev–Trinajstić information content (AvgIpc) is 3.43. The molecule has 3 aromatic rings. The number of thiophene rings is 1. The normalized spacial score (nSPS) is 15.6. The van der Waals surface area contributed by atoms with Crippen molar-refractivity contribution in [2.45, 2.75) is 50.9 Å². The molecule has 4 rings (SSSR count). The standard InChI is InChI=1S/C18H18F3N5O2S/c19-18(20,21)17-24-15(25-28-17)14-7-6-13(29-14)10-26-9-11(8-22-26)16(27)23-12-4-2-1-3-5-12/h6-9,12H,1-5,10H2,(H,23,27). The Balaban J connectivity index is 1.39. The van der Waals surface area contributed by atoms with Gasteiger partial charge in [-0.15, -0.1) is 11.3 Å². The van der Waals surface area contributed by atoms with E-state index in [0.717, 1.165) is 30.6 Å². The van der Waals surface area contributed by atoms with Crippen LogP contribution in [-0.4, -0.2) is 31.9 Å². The summed E-state index contributed by atoms with van der Waals surface area (Å²) < 4.78 is 43.6. The summed E-state index contributed by atoms with van der Waals surface area (Å²) in [6.45, 7) is 0.380. The number of hydrogen-bond donors (Lipinski definition) is 1. The van der Waals surface area contributed by atoms with Crippen molar-refractivity contribution in [2.75, 3.05) is 0 Å². The van der Waals surface area contributed by atoms with E-state index in [1.54, 1.807) is 23.0 Å². The van der Waals surface area contributed by atoms with Crippen LogP contribution in [0.1, 0.15) is 53.2 Å². The van der Waals surface area contributed by atoms with Crippen molar-refractivity contribution in [3.05, 3.63) is 40.9 Å². The van der Waals surface area contributed by atoms with Crippen molar-refractivity contribution in [1.82, 2.24) is 25.2 Å². The van der Waals surface area contributed by atoms with Gasteiger partial charge in [0.1, 0.15) is 0 Å². The molecule has 0 saturated heterocycles. The topological polar surface area (TPSA) is 85.8 Å². The third-order valence-corrected chi connectivity index (χ3v) is 5.77. The molecule has 3 aromatic heterocycles. The van der Waals surface area contributed by atoms with E-state index < -0.39 is 12.1 Å². The molecule has 1 aliphatic rings. The fourth-order valence-electron chi connectivity index (χ4n) is 3.26. The van der Waals surface area contributed by atoms with E-state index in [1.807, 2.05) is 0 Å². The summed E-state index contributed by atoms with van der Waals surface area (Å²) in [4.78, 5) is 17.1. The lowest BCUT2D eigenvalue weighted by atomic mass is 9.95. The van der Waals surface area contributed by atoms with Crippen molar-refractivity contribution in [1.29, 1.82) is 0 Å². The lowest BCUT2D eigenvalue weighted by Gasteiger charge is -2.22. The second kappa shape index (κ2) is 7.97. The molecule has 1 amide bonds. The molecule has 7 nitrogen and oxygen atoms in total. The lowest BCUT2D eigenvalue weighted by Crippen LogP contribution is -2.35. The molecule has 154 valence electrons. The molecule has 0 spiro atoms. The first-order valence-electron chi connectivity index (χ1n) is 9.22. The van der Waals surface area contributed by atoms with Crippen molar-refractivity contribution < 1.29 is 22.5 Å². The number of amides is 1. The van der Waals surface area contributed by atoms with E-state index in [-0.39, 0.29) is 17.8 Å². The minimum Gasteiger partial charge on any atom is -0.349 e. The van der Waals surface area contributed by atoms with E-state index in [9.17, 15) is 18.0 Å². The van der Waals surface area contributed by atoms with Gasteiger partial charge < -0.3 is 9.84 Å². The van der Waals surface area contributed by atoms with Crippen LogP contribution < -0.4 is 5.32 Å². The molecular weight excluding hydrogens is 407 g/mol. The van der Waals surface area contributed by atoms with Gasteiger partial charge in [0.05, 0.1) is 23.2 Å². The van der Waals surface area contributed by atoms with Crippen LogP contribution in [0.5, 0.6) is 0 Å². The van der Waals surface area contributed by atoms with Crippen LogP contribution in [0.15, 0.2) is 29.0 Å². The van der Waals surface area contributed by atoms with Gasteiger partial charge in [-0.2, -0.15) is 23.3 Å². The SMILES string of the molecule is O=C(NC1CCCCC1)c1cnn(Cc2ccc(-c3noc(C(F)(F)F)n3)s2)c1. The van der Waals surface area contributed by atoms with Crippen LogP contribution in [0.2, 0.25) is 0 Å². The van der Waals surface area contributed by atoms with Crippen LogP contribution in [0.4, 0.5) is 13.2 Å². The predicted molar refractivity (Wildman–Crippen MR) is 98.3 cm³/mol. The van der Waals surface area contributed by atoms with Crippen molar-refractivity contribution in [3.8, 4) is 10.7 Å². The lowest BCUT2D eigenvalue weighted by molar-refractivity contribution is -0.159. The molecule has 11 heteroatoms. The predicted octanol–water partition coefficient (Wildman–Crippen LogP) is 4.12. The second-order valence-corrected chi connectivity index (χ2v) is 8.09. The Bertz CT molecular complexity index is 988. The number of alkyl halides is 3. The molecule has 29 heavy (non-hydrogen) atoms.